The first-order valence-electron chi connectivity index (χ1n) is 6.23. The van der Waals surface area contributed by atoms with Crippen molar-refractivity contribution >= 4 is 29.7 Å². The van der Waals surface area contributed by atoms with Crippen LogP contribution >= 0.6 is 0 Å². The SMILES string of the molecule is COc1nc(N(C)C)nc([N+]2=C(N)N(CC(=O)O)C(=O)C2)n1. The van der Waals surface area contributed by atoms with Gasteiger partial charge in [0, 0.05) is 14.1 Å². The molecule has 1 amide bonds. The zero-order valence-electron chi connectivity index (χ0n) is 12.3. The third-order valence-corrected chi connectivity index (χ3v) is 2.86. The number of guanidine groups is 1. The third kappa shape index (κ3) is 2.87. The second-order valence-corrected chi connectivity index (χ2v) is 4.63. The second kappa shape index (κ2) is 5.79. The van der Waals surface area contributed by atoms with Gasteiger partial charge in [0.15, 0.2) is 6.54 Å². The minimum Gasteiger partial charge on any atom is -0.479 e. The molecule has 0 saturated carbocycles. The van der Waals surface area contributed by atoms with Gasteiger partial charge in [0.25, 0.3) is 17.8 Å². The minimum absolute atomic E-state index is 0.0506. The first-order valence-corrected chi connectivity index (χ1v) is 6.23. The van der Waals surface area contributed by atoms with E-state index in [9.17, 15) is 9.59 Å². The van der Waals surface area contributed by atoms with Gasteiger partial charge in [-0.05, 0) is 0 Å². The zero-order valence-corrected chi connectivity index (χ0v) is 12.3. The summed E-state index contributed by atoms with van der Waals surface area (Å²) in [7, 11) is 4.87. The van der Waals surface area contributed by atoms with Crippen LogP contribution in [0.25, 0.3) is 0 Å². The molecule has 0 radical (unpaired) electrons. The van der Waals surface area contributed by atoms with E-state index in [2.05, 4.69) is 15.0 Å². The number of anilines is 1. The Kier molecular flexibility index (Phi) is 4.06. The fourth-order valence-corrected chi connectivity index (χ4v) is 1.80. The van der Waals surface area contributed by atoms with Crippen LogP contribution in [0.5, 0.6) is 6.01 Å². The summed E-state index contributed by atoms with van der Waals surface area (Å²) in [5.41, 5.74) is 5.84. The molecular formula is C11H16N7O4+. The predicted octanol–water partition coefficient (Wildman–Crippen LogP) is -2.17. The number of carbonyl (C=O) groups excluding carboxylic acids is 1. The van der Waals surface area contributed by atoms with Gasteiger partial charge in [0.1, 0.15) is 6.54 Å². The highest BCUT2D eigenvalue weighted by atomic mass is 16.5. The van der Waals surface area contributed by atoms with Crippen LogP contribution in [0.15, 0.2) is 0 Å². The molecule has 0 bridgehead atoms. The fraction of sp³-hybridized carbons (Fsp3) is 0.455. The first-order chi connectivity index (χ1) is 10.3. The van der Waals surface area contributed by atoms with Crippen molar-refractivity contribution in [1.82, 2.24) is 19.9 Å². The van der Waals surface area contributed by atoms with E-state index in [1.54, 1.807) is 19.0 Å². The molecular weight excluding hydrogens is 294 g/mol. The van der Waals surface area contributed by atoms with E-state index in [4.69, 9.17) is 15.6 Å². The maximum absolute atomic E-state index is 11.9. The van der Waals surface area contributed by atoms with Crippen LogP contribution in [0.3, 0.4) is 0 Å². The van der Waals surface area contributed by atoms with Crippen molar-refractivity contribution in [2.45, 2.75) is 0 Å². The van der Waals surface area contributed by atoms with Crippen molar-refractivity contribution in [3.05, 3.63) is 0 Å². The Labute approximate surface area is 125 Å². The monoisotopic (exact) mass is 310 g/mol. The van der Waals surface area contributed by atoms with Gasteiger partial charge in [-0.3, -0.25) is 4.79 Å². The molecule has 11 nitrogen and oxygen atoms in total. The summed E-state index contributed by atoms with van der Waals surface area (Å²) in [6.45, 7) is -0.678. The van der Waals surface area contributed by atoms with Gasteiger partial charge >= 0.3 is 17.9 Å². The number of amides is 1. The Morgan fingerprint density at radius 1 is 1.45 bits per heavy atom. The average Bonchev–Trinajstić information content (AvgIpc) is 2.74. The van der Waals surface area contributed by atoms with Gasteiger partial charge in [0.2, 0.25) is 0 Å². The van der Waals surface area contributed by atoms with Gasteiger partial charge in [0.05, 0.1) is 7.11 Å². The van der Waals surface area contributed by atoms with Gasteiger partial charge < -0.3 is 20.5 Å². The Bertz CT molecular complexity index is 658. The predicted molar refractivity (Wildman–Crippen MR) is 74.0 cm³/mol. The van der Waals surface area contributed by atoms with Crippen LogP contribution in [-0.4, -0.2) is 81.7 Å². The third-order valence-electron chi connectivity index (χ3n) is 2.86. The molecule has 22 heavy (non-hydrogen) atoms. The number of carboxylic acid groups (broad SMARTS) is 1. The molecule has 1 aliphatic heterocycles. The van der Waals surface area contributed by atoms with Crippen LogP contribution in [0.2, 0.25) is 0 Å². The number of aliphatic carboxylic acids is 1. The van der Waals surface area contributed by atoms with Gasteiger partial charge in [-0.25, -0.2) is 14.3 Å². The second-order valence-electron chi connectivity index (χ2n) is 4.63. The maximum atomic E-state index is 11.9. The summed E-state index contributed by atoms with van der Waals surface area (Å²) in [5.74, 6) is -1.25. The number of carbonyl (C=O) groups is 2. The Balaban J connectivity index is 2.46. The molecule has 1 aromatic heterocycles. The smallest absolute Gasteiger partial charge is 0.370 e. The number of hydrogen-bond acceptors (Lipinski definition) is 8. The van der Waals surface area contributed by atoms with Crippen molar-refractivity contribution in [1.29, 1.82) is 0 Å². The lowest BCUT2D eigenvalue weighted by Crippen LogP contribution is -2.42. The maximum Gasteiger partial charge on any atom is 0.370 e. The molecule has 118 valence electrons. The highest BCUT2D eigenvalue weighted by Gasteiger charge is 2.37. The van der Waals surface area contributed by atoms with Crippen molar-refractivity contribution in [3.63, 3.8) is 0 Å². The standard InChI is InChI=1S/C11H15N7O4/c1-16(2)9-13-10(15-11(14-9)22-3)18-4-6(19)17(8(18)12)5-7(20)21/h12H,4-5H2,1-3H3,(H,20,21)/p+1. The van der Waals surface area contributed by atoms with E-state index in [-0.39, 0.29) is 24.5 Å². The molecule has 0 unspecified atom stereocenters. The quantitative estimate of drug-likeness (QED) is 0.582. The molecule has 0 aromatic carbocycles. The lowest BCUT2D eigenvalue weighted by atomic mass is 10.5. The number of aromatic nitrogens is 3. The highest BCUT2D eigenvalue weighted by molar-refractivity contribution is 6.00. The number of nitrogens with zero attached hydrogens (tertiary/aromatic N) is 6. The van der Waals surface area contributed by atoms with Crippen LogP contribution in [0.4, 0.5) is 11.9 Å². The Morgan fingerprint density at radius 3 is 2.68 bits per heavy atom. The number of nitrogens with two attached hydrogens (primary N) is 1. The van der Waals surface area contributed by atoms with E-state index < -0.39 is 18.4 Å². The largest absolute Gasteiger partial charge is 0.479 e. The Morgan fingerprint density at radius 2 is 2.14 bits per heavy atom. The molecule has 3 N–H and O–H groups in total. The molecule has 11 heteroatoms. The highest BCUT2D eigenvalue weighted by Crippen LogP contribution is 2.17. The molecule has 2 rings (SSSR count). The lowest BCUT2D eigenvalue weighted by molar-refractivity contribution is -0.432. The summed E-state index contributed by atoms with van der Waals surface area (Å²) in [5, 5.41) is 8.82. The van der Waals surface area contributed by atoms with Gasteiger partial charge in [-0.1, -0.05) is 9.97 Å². The van der Waals surface area contributed by atoms with Crippen molar-refractivity contribution in [3.8, 4) is 6.01 Å². The zero-order chi connectivity index (χ0) is 16.4. The van der Waals surface area contributed by atoms with Crippen LogP contribution in [0.1, 0.15) is 0 Å². The fourth-order valence-electron chi connectivity index (χ4n) is 1.80. The molecule has 0 aliphatic carbocycles. The van der Waals surface area contributed by atoms with Crippen molar-refractivity contribution in [2.24, 2.45) is 5.73 Å². The summed E-state index contributed by atoms with van der Waals surface area (Å²) in [6, 6.07) is 0.0608. The van der Waals surface area contributed by atoms with E-state index in [1.807, 2.05) is 0 Å². The molecule has 1 aliphatic rings. The van der Waals surface area contributed by atoms with E-state index in [0.717, 1.165) is 4.90 Å². The Hall–Kier alpha value is -2.98. The van der Waals surface area contributed by atoms with Gasteiger partial charge in [-0.15, -0.1) is 4.98 Å². The number of carboxylic acids is 1. The lowest BCUT2D eigenvalue weighted by Gasteiger charge is -2.09. The molecule has 0 fully saturated rings. The molecule has 0 saturated heterocycles. The average molecular weight is 310 g/mol. The van der Waals surface area contributed by atoms with E-state index in [0.29, 0.717) is 5.95 Å². The van der Waals surface area contributed by atoms with Crippen molar-refractivity contribution < 1.29 is 24.0 Å². The summed E-state index contributed by atoms with van der Waals surface area (Å²) in [6.07, 6.45) is 0. The first kappa shape index (κ1) is 15.4. The minimum atomic E-state index is -1.17. The van der Waals surface area contributed by atoms with Gasteiger partial charge in [-0.2, -0.15) is 0 Å². The molecule has 0 atom stereocenters. The van der Waals surface area contributed by atoms with Crippen LogP contribution in [0, 0.1) is 0 Å². The summed E-state index contributed by atoms with van der Waals surface area (Å²) >= 11 is 0. The normalized spacial score (nSPS) is 14.5. The van der Waals surface area contributed by atoms with Crippen molar-refractivity contribution in [2.75, 3.05) is 39.2 Å². The molecule has 1 aromatic rings. The number of ether oxygens (including phenoxy) is 1. The number of methoxy groups -OCH3 is 1. The molecule has 0 spiro atoms. The summed E-state index contributed by atoms with van der Waals surface area (Å²) in [4.78, 5) is 37.5. The van der Waals surface area contributed by atoms with E-state index in [1.165, 1.54) is 11.7 Å². The van der Waals surface area contributed by atoms with Crippen LogP contribution in [-0.2, 0) is 9.59 Å². The van der Waals surface area contributed by atoms with E-state index >= 15 is 0 Å². The molecule has 2 heterocycles. The topological polar surface area (TPSA) is 138 Å². The summed E-state index contributed by atoms with van der Waals surface area (Å²) < 4.78 is 6.31. The number of rotatable bonds is 5. The number of hydrogen-bond donors (Lipinski definition) is 2. The van der Waals surface area contributed by atoms with Crippen LogP contribution < -0.4 is 15.4 Å².